The number of rotatable bonds is 0. The van der Waals surface area contributed by atoms with Crippen molar-refractivity contribution in [2.24, 2.45) is 16.7 Å². The molecule has 2 aliphatic carbocycles. The van der Waals surface area contributed by atoms with E-state index in [0.717, 1.165) is 18.8 Å². The van der Waals surface area contributed by atoms with Gasteiger partial charge in [0.05, 0.1) is 6.10 Å². The van der Waals surface area contributed by atoms with Gasteiger partial charge >= 0.3 is 0 Å². The Morgan fingerprint density at radius 1 is 1.07 bits per heavy atom. The molecule has 0 amide bonds. The summed E-state index contributed by atoms with van der Waals surface area (Å²) >= 11 is 0. The maximum absolute atomic E-state index is 9.79. The molecule has 0 aliphatic heterocycles. The van der Waals surface area contributed by atoms with Crippen molar-refractivity contribution >= 4 is 0 Å². The van der Waals surface area contributed by atoms with Crippen LogP contribution in [0.5, 0.6) is 0 Å². The van der Waals surface area contributed by atoms with E-state index in [1.807, 2.05) is 0 Å². The van der Waals surface area contributed by atoms with Crippen LogP contribution in [0.3, 0.4) is 0 Å². The lowest BCUT2D eigenvalue weighted by atomic mass is 9.51. The average Bonchev–Trinajstić information content (AvgIpc) is 2.08. The van der Waals surface area contributed by atoms with Crippen LogP contribution in [-0.2, 0) is 0 Å². The second-order valence-electron chi connectivity index (χ2n) is 6.48. The Morgan fingerprint density at radius 3 is 2.50 bits per heavy atom. The Kier molecular flexibility index (Phi) is 2.42. The Labute approximate surface area is 87.9 Å². The van der Waals surface area contributed by atoms with Gasteiger partial charge in [-0.3, -0.25) is 0 Å². The first kappa shape index (κ1) is 10.5. The topological polar surface area (TPSA) is 20.2 Å². The van der Waals surface area contributed by atoms with Gasteiger partial charge < -0.3 is 5.11 Å². The third kappa shape index (κ3) is 1.60. The molecule has 82 valence electrons. The quantitative estimate of drug-likeness (QED) is 0.630. The highest BCUT2D eigenvalue weighted by Crippen LogP contribution is 2.57. The lowest BCUT2D eigenvalue weighted by molar-refractivity contribution is -0.0727. The molecule has 2 fully saturated rings. The van der Waals surface area contributed by atoms with Crippen LogP contribution >= 0.6 is 0 Å². The molecule has 2 rings (SSSR count). The van der Waals surface area contributed by atoms with Gasteiger partial charge in [0.2, 0.25) is 0 Å². The van der Waals surface area contributed by atoms with Crippen molar-refractivity contribution in [3.05, 3.63) is 0 Å². The van der Waals surface area contributed by atoms with Gasteiger partial charge in [-0.15, -0.1) is 0 Å². The smallest absolute Gasteiger partial charge is 0.0543 e. The summed E-state index contributed by atoms with van der Waals surface area (Å²) in [7, 11) is 0. The molecule has 0 aromatic heterocycles. The third-order valence-corrected chi connectivity index (χ3v) is 4.91. The van der Waals surface area contributed by atoms with Crippen LogP contribution in [0.15, 0.2) is 0 Å². The van der Waals surface area contributed by atoms with Crippen LogP contribution in [0.4, 0.5) is 0 Å². The minimum absolute atomic E-state index is 0.0227. The molecular weight excluding hydrogens is 172 g/mol. The molecule has 1 nitrogen and oxygen atoms in total. The first-order chi connectivity index (χ1) is 6.44. The highest BCUT2D eigenvalue weighted by Gasteiger charge is 2.48. The van der Waals surface area contributed by atoms with Crippen molar-refractivity contribution in [3.63, 3.8) is 0 Å². The molecule has 0 aromatic carbocycles. The fraction of sp³-hybridized carbons (Fsp3) is 1.00. The standard InChI is InChI=1S/C13H24O/c1-12(2)6-4-7-13(3)8-5-10(14)9-11(12)13/h10-11,14H,4-9H2,1-3H3/t10-,11+,13-/m1/s1. The van der Waals surface area contributed by atoms with E-state index in [4.69, 9.17) is 0 Å². The van der Waals surface area contributed by atoms with Crippen molar-refractivity contribution in [1.29, 1.82) is 0 Å². The Bertz CT molecular complexity index is 221. The van der Waals surface area contributed by atoms with Gasteiger partial charge in [0.25, 0.3) is 0 Å². The average molecular weight is 196 g/mol. The van der Waals surface area contributed by atoms with Gasteiger partial charge in [0.15, 0.2) is 0 Å². The Balaban J connectivity index is 2.22. The van der Waals surface area contributed by atoms with E-state index in [1.165, 1.54) is 25.7 Å². The molecule has 0 saturated heterocycles. The molecule has 1 heteroatoms. The summed E-state index contributed by atoms with van der Waals surface area (Å²) in [6.45, 7) is 7.24. The Hall–Kier alpha value is -0.0400. The van der Waals surface area contributed by atoms with Gasteiger partial charge in [0.1, 0.15) is 0 Å². The highest BCUT2D eigenvalue weighted by atomic mass is 16.3. The molecule has 1 N–H and O–H groups in total. The summed E-state index contributed by atoms with van der Waals surface area (Å²) in [5, 5.41) is 9.79. The summed E-state index contributed by atoms with van der Waals surface area (Å²) < 4.78 is 0. The normalized spacial score (nSPS) is 47.1. The second kappa shape index (κ2) is 3.23. The van der Waals surface area contributed by atoms with Crippen molar-refractivity contribution in [2.45, 2.75) is 65.4 Å². The van der Waals surface area contributed by atoms with Crippen LogP contribution < -0.4 is 0 Å². The zero-order valence-electron chi connectivity index (χ0n) is 9.84. The van der Waals surface area contributed by atoms with Crippen molar-refractivity contribution in [1.82, 2.24) is 0 Å². The van der Waals surface area contributed by atoms with Gasteiger partial charge in [0, 0.05) is 0 Å². The highest BCUT2D eigenvalue weighted by molar-refractivity contribution is 4.99. The molecule has 2 saturated carbocycles. The molecular formula is C13H24O. The van der Waals surface area contributed by atoms with E-state index < -0.39 is 0 Å². The number of hydrogen-bond acceptors (Lipinski definition) is 1. The van der Waals surface area contributed by atoms with Crippen LogP contribution in [0.1, 0.15) is 59.3 Å². The van der Waals surface area contributed by atoms with Crippen molar-refractivity contribution in [2.75, 3.05) is 0 Å². The Morgan fingerprint density at radius 2 is 1.79 bits per heavy atom. The van der Waals surface area contributed by atoms with Gasteiger partial charge in [-0.05, 0) is 48.9 Å². The molecule has 0 radical (unpaired) electrons. The number of aliphatic hydroxyl groups is 1. The molecule has 0 unspecified atom stereocenters. The summed E-state index contributed by atoms with van der Waals surface area (Å²) in [4.78, 5) is 0. The fourth-order valence-corrected chi connectivity index (χ4v) is 4.03. The molecule has 0 heterocycles. The number of hydrogen-bond donors (Lipinski definition) is 1. The van der Waals surface area contributed by atoms with E-state index in [1.54, 1.807) is 0 Å². The van der Waals surface area contributed by atoms with Crippen LogP contribution in [-0.4, -0.2) is 11.2 Å². The minimum Gasteiger partial charge on any atom is -0.393 e. The van der Waals surface area contributed by atoms with Crippen molar-refractivity contribution < 1.29 is 5.11 Å². The van der Waals surface area contributed by atoms with Crippen LogP contribution in [0.2, 0.25) is 0 Å². The zero-order chi connectivity index (χ0) is 10.4. The zero-order valence-corrected chi connectivity index (χ0v) is 9.84. The number of aliphatic hydroxyl groups excluding tert-OH is 1. The first-order valence-electron chi connectivity index (χ1n) is 6.12. The van der Waals surface area contributed by atoms with Crippen molar-refractivity contribution in [3.8, 4) is 0 Å². The summed E-state index contributed by atoms with van der Waals surface area (Å²) in [6, 6.07) is 0. The summed E-state index contributed by atoms with van der Waals surface area (Å²) in [5.74, 6) is 0.743. The fourth-order valence-electron chi connectivity index (χ4n) is 4.03. The first-order valence-corrected chi connectivity index (χ1v) is 6.12. The molecule has 3 atom stereocenters. The van der Waals surface area contributed by atoms with E-state index in [9.17, 15) is 5.11 Å². The van der Waals surface area contributed by atoms with Gasteiger partial charge in [-0.25, -0.2) is 0 Å². The van der Waals surface area contributed by atoms with E-state index in [0.29, 0.717) is 10.8 Å². The SMILES string of the molecule is CC1(C)CCC[C@]2(C)CC[C@@H](O)C[C@@H]12. The predicted molar refractivity (Wildman–Crippen MR) is 59.1 cm³/mol. The molecule has 2 aliphatic rings. The summed E-state index contributed by atoms with van der Waals surface area (Å²) in [6.07, 6.45) is 7.41. The van der Waals surface area contributed by atoms with E-state index >= 15 is 0 Å². The molecule has 0 spiro atoms. The van der Waals surface area contributed by atoms with E-state index in [2.05, 4.69) is 20.8 Å². The molecule has 14 heavy (non-hydrogen) atoms. The largest absolute Gasteiger partial charge is 0.393 e. The second-order valence-corrected chi connectivity index (χ2v) is 6.48. The summed E-state index contributed by atoms with van der Waals surface area (Å²) in [5.41, 5.74) is 0.982. The van der Waals surface area contributed by atoms with Gasteiger partial charge in [-0.1, -0.05) is 27.2 Å². The van der Waals surface area contributed by atoms with Gasteiger partial charge in [-0.2, -0.15) is 0 Å². The van der Waals surface area contributed by atoms with E-state index in [-0.39, 0.29) is 6.10 Å². The lowest BCUT2D eigenvalue weighted by Gasteiger charge is -2.54. The lowest BCUT2D eigenvalue weighted by Crippen LogP contribution is -2.47. The maximum Gasteiger partial charge on any atom is 0.0543 e. The van der Waals surface area contributed by atoms with Crippen LogP contribution in [0.25, 0.3) is 0 Å². The monoisotopic (exact) mass is 196 g/mol. The maximum atomic E-state index is 9.79. The number of fused-ring (bicyclic) bond motifs is 1. The minimum atomic E-state index is -0.0227. The predicted octanol–water partition coefficient (Wildman–Crippen LogP) is 3.36. The third-order valence-electron chi connectivity index (χ3n) is 4.91. The molecule has 0 aromatic rings. The van der Waals surface area contributed by atoms with Crippen LogP contribution in [0, 0.1) is 16.7 Å². The molecule has 0 bridgehead atoms.